The van der Waals surface area contributed by atoms with E-state index in [1.54, 1.807) is 20.8 Å². The van der Waals surface area contributed by atoms with Crippen LogP contribution in [0.5, 0.6) is 0 Å². The van der Waals surface area contributed by atoms with Crippen molar-refractivity contribution < 1.29 is 19.4 Å². The lowest BCUT2D eigenvalue weighted by Gasteiger charge is -2.20. The van der Waals surface area contributed by atoms with Crippen LogP contribution in [0.15, 0.2) is 0 Å². The minimum atomic E-state index is -0.939. The quantitative estimate of drug-likeness (QED) is 0.671. The highest BCUT2D eigenvalue weighted by Crippen LogP contribution is 2.06. The summed E-state index contributed by atoms with van der Waals surface area (Å²) in [7, 11) is 0. The van der Waals surface area contributed by atoms with Crippen LogP contribution in [0.1, 0.15) is 40.5 Å². The molecule has 16 heavy (non-hydrogen) atoms. The molecular weight excluding hydrogens is 210 g/mol. The third-order valence-corrected chi connectivity index (χ3v) is 1.79. The fraction of sp³-hybridized carbons (Fsp3) is 0.818. The Labute approximate surface area is 96.2 Å². The molecule has 0 saturated heterocycles. The molecule has 5 heteroatoms. The van der Waals surface area contributed by atoms with E-state index in [-0.39, 0.29) is 6.54 Å². The van der Waals surface area contributed by atoms with E-state index in [0.29, 0.717) is 6.42 Å². The zero-order chi connectivity index (χ0) is 12.8. The molecular formula is C11H21NO4. The van der Waals surface area contributed by atoms with Crippen LogP contribution in [0.3, 0.4) is 0 Å². The summed E-state index contributed by atoms with van der Waals surface area (Å²) in [5, 5.41) is 11.5. The lowest BCUT2D eigenvalue weighted by molar-refractivity contribution is -0.154. The molecule has 0 aliphatic carbocycles. The standard InChI is InChI=1S/C11H21NO4/c1-5-6-8(10(14)15)12-7-9(13)16-11(2,3)4/h8,12H,5-7H2,1-4H3,(H,14,15)/t8-/m0/s1. The van der Waals surface area contributed by atoms with Gasteiger partial charge in [0.05, 0.1) is 6.54 Å². The molecule has 0 spiro atoms. The Balaban J connectivity index is 4.01. The summed E-state index contributed by atoms with van der Waals surface area (Å²) in [6.07, 6.45) is 1.25. The number of carbonyl (C=O) groups excluding carboxylic acids is 1. The van der Waals surface area contributed by atoms with Gasteiger partial charge < -0.3 is 9.84 Å². The van der Waals surface area contributed by atoms with Crippen molar-refractivity contribution in [3.8, 4) is 0 Å². The van der Waals surface area contributed by atoms with Gasteiger partial charge in [0.1, 0.15) is 11.6 Å². The molecule has 0 amide bonds. The molecule has 0 heterocycles. The van der Waals surface area contributed by atoms with Gasteiger partial charge in [-0.25, -0.2) is 0 Å². The summed E-state index contributed by atoms with van der Waals surface area (Å²) in [6, 6.07) is -0.683. The predicted octanol–water partition coefficient (Wildman–Crippen LogP) is 1.17. The number of rotatable bonds is 6. The number of aliphatic carboxylic acids is 1. The van der Waals surface area contributed by atoms with Gasteiger partial charge >= 0.3 is 11.9 Å². The maximum absolute atomic E-state index is 11.3. The van der Waals surface area contributed by atoms with Gasteiger partial charge in [-0.3, -0.25) is 14.9 Å². The van der Waals surface area contributed by atoms with Crippen LogP contribution in [0, 0.1) is 0 Å². The molecule has 0 rings (SSSR count). The van der Waals surface area contributed by atoms with Gasteiger partial charge in [-0.2, -0.15) is 0 Å². The molecule has 0 aromatic carbocycles. The normalized spacial score (nSPS) is 13.2. The molecule has 0 saturated carbocycles. The predicted molar refractivity (Wildman–Crippen MR) is 60.2 cm³/mol. The highest BCUT2D eigenvalue weighted by atomic mass is 16.6. The number of hydrogen-bond donors (Lipinski definition) is 2. The van der Waals surface area contributed by atoms with E-state index in [0.717, 1.165) is 6.42 Å². The number of ether oxygens (including phenoxy) is 1. The smallest absolute Gasteiger partial charge is 0.320 e. The first-order valence-corrected chi connectivity index (χ1v) is 5.44. The summed E-state index contributed by atoms with van der Waals surface area (Å²) >= 11 is 0. The molecule has 0 aromatic heterocycles. The number of esters is 1. The van der Waals surface area contributed by atoms with E-state index >= 15 is 0 Å². The van der Waals surface area contributed by atoms with E-state index in [1.165, 1.54) is 0 Å². The van der Waals surface area contributed by atoms with Crippen LogP contribution in [0.4, 0.5) is 0 Å². The Bertz CT molecular complexity index is 245. The van der Waals surface area contributed by atoms with Gasteiger partial charge in [-0.1, -0.05) is 13.3 Å². The van der Waals surface area contributed by atoms with Gasteiger partial charge in [0.15, 0.2) is 0 Å². The third kappa shape index (κ3) is 7.23. The van der Waals surface area contributed by atoms with Gasteiger partial charge in [0.2, 0.25) is 0 Å². The van der Waals surface area contributed by atoms with E-state index in [9.17, 15) is 9.59 Å². The van der Waals surface area contributed by atoms with Crippen molar-refractivity contribution in [3.63, 3.8) is 0 Å². The molecule has 94 valence electrons. The average Bonchev–Trinajstić information content (AvgIpc) is 2.08. The number of hydrogen-bond acceptors (Lipinski definition) is 4. The number of carboxylic acids is 1. The minimum absolute atomic E-state index is 0.0752. The molecule has 0 aliphatic heterocycles. The van der Waals surface area contributed by atoms with Crippen LogP contribution in [0.2, 0.25) is 0 Å². The number of nitrogens with one attached hydrogen (secondary N) is 1. The Morgan fingerprint density at radius 3 is 2.31 bits per heavy atom. The molecule has 0 aliphatic rings. The van der Waals surface area contributed by atoms with Crippen molar-refractivity contribution in [2.24, 2.45) is 0 Å². The summed E-state index contributed by atoms with van der Waals surface area (Å²) in [4.78, 5) is 22.1. The molecule has 0 unspecified atom stereocenters. The third-order valence-electron chi connectivity index (χ3n) is 1.79. The second-order valence-electron chi connectivity index (χ2n) is 4.65. The Hall–Kier alpha value is -1.10. The molecule has 0 bridgehead atoms. The SMILES string of the molecule is CCC[C@H](NCC(=O)OC(C)(C)C)C(=O)O. The van der Waals surface area contributed by atoms with Crippen molar-refractivity contribution in [2.45, 2.75) is 52.2 Å². The monoisotopic (exact) mass is 231 g/mol. The topological polar surface area (TPSA) is 75.6 Å². The summed E-state index contributed by atoms with van der Waals surface area (Å²) < 4.78 is 5.05. The Morgan fingerprint density at radius 1 is 1.38 bits per heavy atom. The second-order valence-corrected chi connectivity index (χ2v) is 4.65. The van der Waals surface area contributed by atoms with Crippen LogP contribution in [0.25, 0.3) is 0 Å². The summed E-state index contributed by atoms with van der Waals surface area (Å²) in [5.41, 5.74) is -0.539. The lowest BCUT2D eigenvalue weighted by Crippen LogP contribution is -2.41. The van der Waals surface area contributed by atoms with E-state index in [4.69, 9.17) is 9.84 Å². The average molecular weight is 231 g/mol. The van der Waals surface area contributed by atoms with Crippen LogP contribution < -0.4 is 5.32 Å². The first kappa shape index (κ1) is 14.9. The molecule has 2 N–H and O–H groups in total. The Kier molecular flexibility index (Phi) is 6.03. The van der Waals surface area contributed by atoms with E-state index < -0.39 is 23.6 Å². The molecule has 0 aromatic rings. The molecule has 1 atom stereocenters. The first-order chi connectivity index (χ1) is 7.26. The fourth-order valence-electron chi connectivity index (χ4n) is 1.19. The van der Waals surface area contributed by atoms with Gasteiger partial charge in [-0.15, -0.1) is 0 Å². The van der Waals surface area contributed by atoms with Crippen molar-refractivity contribution in [3.05, 3.63) is 0 Å². The van der Waals surface area contributed by atoms with Gasteiger partial charge in [-0.05, 0) is 27.2 Å². The molecule has 0 fully saturated rings. The Morgan fingerprint density at radius 2 is 1.94 bits per heavy atom. The highest BCUT2D eigenvalue weighted by molar-refractivity contribution is 5.76. The zero-order valence-electron chi connectivity index (χ0n) is 10.4. The maximum Gasteiger partial charge on any atom is 0.320 e. The van der Waals surface area contributed by atoms with E-state index in [2.05, 4.69) is 5.32 Å². The van der Waals surface area contributed by atoms with Crippen molar-refractivity contribution in [2.75, 3.05) is 6.54 Å². The lowest BCUT2D eigenvalue weighted by atomic mass is 10.1. The van der Waals surface area contributed by atoms with Crippen LogP contribution >= 0.6 is 0 Å². The minimum Gasteiger partial charge on any atom is -0.480 e. The van der Waals surface area contributed by atoms with Gasteiger partial charge in [0.25, 0.3) is 0 Å². The van der Waals surface area contributed by atoms with Crippen molar-refractivity contribution in [1.29, 1.82) is 0 Å². The molecule has 5 nitrogen and oxygen atoms in total. The van der Waals surface area contributed by atoms with Gasteiger partial charge in [0, 0.05) is 0 Å². The zero-order valence-corrected chi connectivity index (χ0v) is 10.4. The first-order valence-electron chi connectivity index (χ1n) is 5.44. The highest BCUT2D eigenvalue weighted by Gasteiger charge is 2.20. The fourth-order valence-corrected chi connectivity index (χ4v) is 1.19. The number of carboxylic acid groups (broad SMARTS) is 1. The largest absolute Gasteiger partial charge is 0.480 e. The number of carbonyl (C=O) groups is 2. The maximum atomic E-state index is 11.3. The van der Waals surface area contributed by atoms with E-state index in [1.807, 2.05) is 6.92 Å². The second kappa shape index (κ2) is 6.48. The molecule has 0 radical (unpaired) electrons. The van der Waals surface area contributed by atoms with Crippen molar-refractivity contribution >= 4 is 11.9 Å². The van der Waals surface area contributed by atoms with Crippen LogP contribution in [-0.2, 0) is 14.3 Å². The van der Waals surface area contributed by atoms with Crippen LogP contribution in [-0.4, -0.2) is 35.2 Å². The summed E-state index contributed by atoms with van der Waals surface area (Å²) in [6.45, 7) is 7.13. The van der Waals surface area contributed by atoms with Crippen molar-refractivity contribution in [1.82, 2.24) is 5.32 Å². The summed E-state index contributed by atoms with van der Waals surface area (Å²) in [5.74, 6) is -1.37.